The van der Waals surface area contributed by atoms with Crippen molar-refractivity contribution < 1.29 is 42.5 Å². The van der Waals surface area contributed by atoms with Gasteiger partial charge in [0, 0.05) is 28.5 Å². The molecule has 0 aliphatic rings. The van der Waals surface area contributed by atoms with Gasteiger partial charge < -0.3 is 10.3 Å². The summed E-state index contributed by atoms with van der Waals surface area (Å²) in [5.74, 6) is -0.0585. The molecule has 0 aliphatic carbocycles. The molecule has 0 aliphatic heterocycles. The summed E-state index contributed by atoms with van der Waals surface area (Å²) in [5.41, 5.74) is 7.96. The van der Waals surface area contributed by atoms with Crippen LogP contribution in [0.4, 0.5) is 16.6 Å². The van der Waals surface area contributed by atoms with Crippen LogP contribution in [0.15, 0.2) is 45.7 Å². The van der Waals surface area contributed by atoms with Gasteiger partial charge in [-0.1, -0.05) is 50.7 Å². The quantitative estimate of drug-likeness (QED) is 0.220. The minimum absolute atomic E-state index is 0. The molecule has 0 bridgehead atoms. The molecule has 0 atom stereocenters. The number of nitrogen functional groups attached to an aromatic ring is 1. The summed E-state index contributed by atoms with van der Waals surface area (Å²) in [6.45, 7) is 6.02. The summed E-state index contributed by atoms with van der Waals surface area (Å²) in [7, 11) is -4.27. The molecular formula is C17H20N7NaO3S3. The van der Waals surface area contributed by atoms with E-state index >= 15 is 0 Å². The van der Waals surface area contributed by atoms with Crippen LogP contribution in [0.3, 0.4) is 0 Å². The van der Waals surface area contributed by atoms with Gasteiger partial charge in [0.1, 0.15) is 0 Å². The molecule has 0 spiro atoms. The SMILES string of the molecule is CC(C)(C)c1nn(-c2ccccc2)c(N)c1N=Nc1nc(SCCS(=O)(=O)[O-])ns1.[Na+]. The van der Waals surface area contributed by atoms with Crippen LogP contribution in [0.2, 0.25) is 0 Å². The maximum Gasteiger partial charge on any atom is 1.00 e. The van der Waals surface area contributed by atoms with Gasteiger partial charge in [-0.15, -0.1) is 10.2 Å². The molecule has 0 amide bonds. The second kappa shape index (κ2) is 10.5. The van der Waals surface area contributed by atoms with E-state index in [2.05, 4.69) is 24.7 Å². The van der Waals surface area contributed by atoms with Gasteiger partial charge in [0.25, 0.3) is 0 Å². The van der Waals surface area contributed by atoms with E-state index in [9.17, 15) is 13.0 Å². The Morgan fingerprint density at radius 2 is 1.90 bits per heavy atom. The zero-order valence-electron chi connectivity index (χ0n) is 17.5. The third kappa shape index (κ3) is 7.07. The number of anilines is 1. The number of nitrogens with zero attached hydrogens (tertiary/aromatic N) is 6. The van der Waals surface area contributed by atoms with Crippen molar-refractivity contribution in [1.82, 2.24) is 19.1 Å². The molecule has 0 saturated heterocycles. The van der Waals surface area contributed by atoms with Gasteiger partial charge in [-0.2, -0.15) is 14.5 Å². The number of nitrogens with two attached hydrogens (primary N) is 1. The zero-order valence-corrected chi connectivity index (χ0v) is 22.0. The largest absolute Gasteiger partial charge is 1.00 e. The van der Waals surface area contributed by atoms with Gasteiger partial charge in [0.05, 0.1) is 21.5 Å². The number of aromatic nitrogens is 4. The number of thioether (sulfide) groups is 1. The van der Waals surface area contributed by atoms with Crippen molar-refractivity contribution >= 4 is 50.0 Å². The van der Waals surface area contributed by atoms with Gasteiger partial charge in [0.15, 0.2) is 11.5 Å². The molecule has 14 heteroatoms. The molecule has 10 nitrogen and oxygen atoms in total. The molecule has 0 unspecified atom stereocenters. The van der Waals surface area contributed by atoms with E-state index in [0.29, 0.717) is 22.4 Å². The number of azo groups is 1. The third-order valence-corrected chi connectivity index (χ3v) is 6.33. The van der Waals surface area contributed by atoms with Gasteiger partial charge in [-0.05, 0) is 12.1 Å². The summed E-state index contributed by atoms with van der Waals surface area (Å²) >= 11 is 2.08. The molecule has 160 valence electrons. The van der Waals surface area contributed by atoms with E-state index in [0.717, 1.165) is 29.0 Å². The standard InChI is InChI=1S/C17H21N7O3S3.Na/c1-17(2,3)13-12(14(18)24(22-13)11-7-5-4-6-8-11)20-21-15-19-16(23-29-15)28-9-10-30(25,26)27;/h4-8H,9-10,18H2,1-3H3,(H,25,26,27);/q;+1/p-1. The normalized spacial score (nSPS) is 12.3. The molecule has 0 saturated carbocycles. The molecule has 0 fully saturated rings. The number of hydrogen-bond acceptors (Lipinski definition) is 11. The average Bonchev–Trinajstić information content (AvgIpc) is 3.23. The van der Waals surface area contributed by atoms with Crippen LogP contribution in [0.5, 0.6) is 0 Å². The first-order valence-electron chi connectivity index (χ1n) is 8.81. The summed E-state index contributed by atoms with van der Waals surface area (Å²) in [6.07, 6.45) is 0. The Balaban J connectivity index is 0.00000341. The van der Waals surface area contributed by atoms with Crippen LogP contribution in [0.1, 0.15) is 26.5 Å². The number of para-hydroxylation sites is 1. The first-order chi connectivity index (χ1) is 14.0. The van der Waals surface area contributed by atoms with Gasteiger partial charge >= 0.3 is 29.6 Å². The van der Waals surface area contributed by atoms with Crippen molar-refractivity contribution in [2.75, 3.05) is 17.2 Å². The molecule has 1 aromatic carbocycles. The molecule has 2 aromatic heterocycles. The van der Waals surface area contributed by atoms with Crippen molar-refractivity contribution in [3.63, 3.8) is 0 Å². The summed E-state index contributed by atoms with van der Waals surface area (Å²) in [4.78, 5) is 4.18. The molecule has 3 aromatic rings. The second-order valence-corrected chi connectivity index (χ2v) is 10.6. The van der Waals surface area contributed by atoms with Crippen LogP contribution < -0.4 is 35.3 Å². The Labute approximate surface area is 211 Å². The van der Waals surface area contributed by atoms with Crippen molar-refractivity contribution in [3.05, 3.63) is 36.0 Å². The van der Waals surface area contributed by atoms with Gasteiger partial charge in [-0.25, -0.2) is 13.1 Å². The fourth-order valence-corrected chi connectivity index (χ4v) is 4.69. The van der Waals surface area contributed by atoms with Gasteiger partial charge in [-0.3, -0.25) is 0 Å². The van der Waals surface area contributed by atoms with Crippen LogP contribution in [0, 0.1) is 0 Å². The van der Waals surface area contributed by atoms with Crippen molar-refractivity contribution in [2.45, 2.75) is 31.3 Å². The van der Waals surface area contributed by atoms with Crippen LogP contribution in [-0.4, -0.2) is 43.6 Å². The number of hydrogen-bond donors (Lipinski definition) is 1. The smallest absolute Gasteiger partial charge is 0.748 e. The first-order valence-corrected chi connectivity index (χ1v) is 12.1. The monoisotopic (exact) mass is 489 g/mol. The fourth-order valence-electron chi connectivity index (χ4n) is 2.42. The van der Waals surface area contributed by atoms with E-state index in [-0.39, 0.29) is 45.9 Å². The summed E-state index contributed by atoms with van der Waals surface area (Å²) in [5, 5.41) is 13.7. The fraction of sp³-hybridized carbons (Fsp3) is 0.353. The Bertz CT molecular complexity index is 1160. The maximum atomic E-state index is 10.7. The van der Waals surface area contributed by atoms with Crippen molar-refractivity contribution in [3.8, 4) is 5.69 Å². The summed E-state index contributed by atoms with van der Waals surface area (Å²) < 4.78 is 37.7. The van der Waals surface area contributed by atoms with E-state index < -0.39 is 15.9 Å². The molecule has 2 heterocycles. The maximum absolute atomic E-state index is 10.7. The average molecular weight is 490 g/mol. The Hall–Kier alpha value is -1.35. The molecular weight excluding hydrogens is 469 g/mol. The van der Waals surface area contributed by atoms with Crippen LogP contribution in [0.25, 0.3) is 5.69 Å². The topological polar surface area (TPSA) is 152 Å². The predicted molar refractivity (Wildman–Crippen MR) is 116 cm³/mol. The Morgan fingerprint density at radius 3 is 2.52 bits per heavy atom. The number of rotatable bonds is 7. The van der Waals surface area contributed by atoms with E-state index in [1.807, 2.05) is 51.1 Å². The van der Waals surface area contributed by atoms with Gasteiger partial charge in [0.2, 0.25) is 10.3 Å². The Kier molecular flexibility index (Phi) is 8.78. The zero-order chi connectivity index (χ0) is 21.9. The molecule has 0 radical (unpaired) electrons. The summed E-state index contributed by atoms with van der Waals surface area (Å²) in [6, 6.07) is 9.49. The number of benzene rings is 1. The predicted octanol–water partition coefficient (Wildman–Crippen LogP) is 0.660. The molecule has 31 heavy (non-hydrogen) atoms. The van der Waals surface area contributed by atoms with Crippen LogP contribution >= 0.6 is 23.3 Å². The Morgan fingerprint density at radius 1 is 1.23 bits per heavy atom. The van der Waals surface area contributed by atoms with Crippen molar-refractivity contribution in [1.29, 1.82) is 0 Å². The van der Waals surface area contributed by atoms with Crippen molar-refractivity contribution in [2.24, 2.45) is 10.2 Å². The first kappa shape index (κ1) is 25.9. The van der Waals surface area contributed by atoms with E-state index in [1.54, 1.807) is 4.68 Å². The van der Waals surface area contributed by atoms with Crippen LogP contribution in [-0.2, 0) is 15.5 Å². The second-order valence-electron chi connectivity index (χ2n) is 7.25. The molecule has 2 N–H and O–H groups in total. The minimum Gasteiger partial charge on any atom is -0.748 e. The van der Waals surface area contributed by atoms with E-state index in [1.165, 1.54) is 0 Å². The van der Waals surface area contributed by atoms with E-state index in [4.69, 9.17) is 5.73 Å². The minimum atomic E-state index is -4.27. The molecule has 3 rings (SSSR count). The third-order valence-electron chi connectivity index (χ3n) is 3.80.